The molecule has 1 aromatic rings. The second-order valence-electron chi connectivity index (χ2n) is 4.31. The van der Waals surface area contributed by atoms with E-state index in [-0.39, 0.29) is 16.9 Å². The van der Waals surface area contributed by atoms with Crippen molar-refractivity contribution in [3.63, 3.8) is 0 Å². The van der Waals surface area contributed by atoms with Crippen LogP contribution in [0.3, 0.4) is 0 Å². The van der Waals surface area contributed by atoms with Crippen molar-refractivity contribution >= 4 is 11.6 Å². The van der Waals surface area contributed by atoms with Crippen molar-refractivity contribution in [2.24, 2.45) is 5.73 Å². The largest absolute Gasteiger partial charge is 0.328 e. The Balaban J connectivity index is 3.13. The third-order valence-corrected chi connectivity index (χ3v) is 2.61. The first kappa shape index (κ1) is 12.5. The van der Waals surface area contributed by atoms with Gasteiger partial charge in [-0.15, -0.1) is 0 Å². The van der Waals surface area contributed by atoms with E-state index in [1.807, 2.05) is 13.0 Å². The minimum Gasteiger partial charge on any atom is -0.328 e. The summed E-state index contributed by atoms with van der Waals surface area (Å²) in [5.41, 5.74) is 7.32. The van der Waals surface area contributed by atoms with Crippen LogP contribution in [0.4, 0.5) is 4.39 Å². The molecule has 1 aromatic carbocycles. The molecule has 1 rings (SSSR count). The van der Waals surface area contributed by atoms with Gasteiger partial charge in [0.25, 0.3) is 0 Å². The zero-order valence-corrected chi connectivity index (χ0v) is 10.1. The van der Waals surface area contributed by atoms with Crippen LogP contribution in [0.2, 0.25) is 5.02 Å². The van der Waals surface area contributed by atoms with Gasteiger partial charge in [0.15, 0.2) is 0 Å². The molecule has 0 spiro atoms. The fourth-order valence-corrected chi connectivity index (χ4v) is 1.75. The van der Waals surface area contributed by atoms with Gasteiger partial charge in [0.05, 0.1) is 5.02 Å². The maximum Gasteiger partial charge on any atom is 0.145 e. The molecule has 1 unspecified atom stereocenters. The monoisotopic (exact) mass is 229 g/mol. The predicted octanol–water partition coefficient (Wildman–Crippen LogP) is 3.49. The molecule has 0 fully saturated rings. The van der Waals surface area contributed by atoms with Crippen molar-refractivity contribution in [2.75, 3.05) is 0 Å². The summed E-state index contributed by atoms with van der Waals surface area (Å²) >= 11 is 5.83. The van der Waals surface area contributed by atoms with E-state index >= 15 is 0 Å². The Morgan fingerprint density at radius 2 is 1.93 bits per heavy atom. The van der Waals surface area contributed by atoms with Crippen LogP contribution in [0.1, 0.15) is 37.8 Å². The molecule has 0 saturated heterocycles. The number of hydrogen-bond donors (Lipinski definition) is 1. The molecule has 0 aliphatic carbocycles. The summed E-state index contributed by atoms with van der Waals surface area (Å²) in [4.78, 5) is 0. The molecular formula is C12H17ClFN. The molecule has 15 heavy (non-hydrogen) atoms. The summed E-state index contributed by atoms with van der Waals surface area (Å²) < 4.78 is 13.6. The van der Waals surface area contributed by atoms with E-state index in [4.69, 9.17) is 17.3 Å². The third kappa shape index (κ3) is 3.18. The van der Waals surface area contributed by atoms with Crippen molar-refractivity contribution in [3.05, 3.63) is 34.1 Å². The minimum absolute atomic E-state index is 0.0574. The van der Waals surface area contributed by atoms with Gasteiger partial charge in [-0.2, -0.15) is 0 Å². The fraction of sp³-hybridized carbons (Fsp3) is 0.500. The average molecular weight is 230 g/mol. The molecule has 84 valence electrons. The van der Waals surface area contributed by atoms with Gasteiger partial charge in [0.1, 0.15) is 5.82 Å². The third-order valence-electron chi connectivity index (χ3n) is 2.33. The molecule has 1 nitrogen and oxygen atoms in total. The summed E-state index contributed by atoms with van der Waals surface area (Å²) in [5, 5.41) is 0.192. The van der Waals surface area contributed by atoms with Gasteiger partial charge in [0.2, 0.25) is 0 Å². The maximum atomic E-state index is 13.6. The van der Waals surface area contributed by atoms with E-state index in [0.29, 0.717) is 17.9 Å². The maximum absolute atomic E-state index is 13.6. The number of halogens is 2. The first-order chi connectivity index (χ1) is 6.91. The van der Waals surface area contributed by atoms with Gasteiger partial charge in [-0.25, -0.2) is 4.39 Å². The van der Waals surface area contributed by atoms with Crippen molar-refractivity contribution in [1.29, 1.82) is 0 Å². The molecule has 0 saturated carbocycles. The van der Waals surface area contributed by atoms with Crippen LogP contribution < -0.4 is 5.73 Å². The van der Waals surface area contributed by atoms with E-state index < -0.39 is 0 Å². The highest BCUT2D eigenvalue weighted by atomic mass is 35.5. The van der Waals surface area contributed by atoms with E-state index in [2.05, 4.69) is 13.8 Å². The van der Waals surface area contributed by atoms with Crippen molar-refractivity contribution in [2.45, 2.75) is 39.2 Å². The quantitative estimate of drug-likeness (QED) is 0.844. The van der Waals surface area contributed by atoms with Crippen LogP contribution >= 0.6 is 11.6 Å². The number of rotatable bonds is 3. The summed E-state index contributed by atoms with van der Waals surface area (Å²) in [6.45, 7) is 5.97. The first-order valence-corrected chi connectivity index (χ1v) is 5.53. The molecule has 0 heterocycles. The van der Waals surface area contributed by atoms with Crippen molar-refractivity contribution < 1.29 is 4.39 Å². The lowest BCUT2D eigenvalue weighted by molar-refractivity contribution is 0.594. The molecule has 0 aromatic heterocycles. The Hall–Kier alpha value is -0.600. The molecular weight excluding hydrogens is 213 g/mol. The van der Waals surface area contributed by atoms with Crippen LogP contribution in [0, 0.1) is 5.82 Å². The smallest absolute Gasteiger partial charge is 0.145 e. The van der Waals surface area contributed by atoms with E-state index in [9.17, 15) is 4.39 Å². The molecule has 0 radical (unpaired) electrons. The summed E-state index contributed by atoms with van der Waals surface area (Å²) in [6.07, 6.45) is 0.520. The highest BCUT2D eigenvalue weighted by Gasteiger charge is 2.12. The van der Waals surface area contributed by atoms with Gasteiger partial charge in [-0.05, 0) is 36.5 Å². The van der Waals surface area contributed by atoms with Gasteiger partial charge >= 0.3 is 0 Å². The lowest BCUT2D eigenvalue weighted by Gasteiger charge is -2.12. The second-order valence-corrected chi connectivity index (χ2v) is 4.72. The zero-order chi connectivity index (χ0) is 11.6. The predicted molar refractivity (Wildman–Crippen MR) is 62.9 cm³/mol. The zero-order valence-electron chi connectivity index (χ0n) is 9.35. The fourth-order valence-electron chi connectivity index (χ4n) is 1.50. The Kier molecular flexibility index (Phi) is 4.12. The highest BCUT2D eigenvalue weighted by Crippen LogP contribution is 2.25. The van der Waals surface area contributed by atoms with Gasteiger partial charge in [-0.3, -0.25) is 0 Å². The molecule has 0 aliphatic heterocycles. The molecule has 0 amide bonds. The van der Waals surface area contributed by atoms with Gasteiger partial charge in [-0.1, -0.05) is 31.5 Å². The SMILES string of the molecule is CC(N)Cc1cc(C(C)C)cc(Cl)c1F. The molecule has 0 bridgehead atoms. The number of nitrogens with two attached hydrogens (primary N) is 1. The van der Waals surface area contributed by atoms with E-state index in [0.717, 1.165) is 5.56 Å². The van der Waals surface area contributed by atoms with Crippen LogP contribution in [0.25, 0.3) is 0 Å². The number of benzene rings is 1. The van der Waals surface area contributed by atoms with Gasteiger partial charge in [0, 0.05) is 6.04 Å². The minimum atomic E-state index is -0.335. The molecule has 2 N–H and O–H groups in total. The lowest BCUT2D eigenvalue weighted by atomic mass is 9.98. The Morgan fingerprint density at radius 1 is 1.33 bits per heavy atom. The highest BCUT2D eigenvalue weighted by molar-refractivity contribution is 6.30. The second kappa shape index (κ2) is 4.95. The molecule has 3 heteroatoms. The Morgan fingerprint density at radius 3 is 2.40 bits per heavy atom. The standard InChI is InChI=1S/C12H17ClFN/c1-7(2)9-5-10(4-8(3)15)12(14)11(13)6-9/h5-8H,4,15H2,1-3H3. The first-order valence-electron chi connectivity index (χ1n) is 5.15. The van der Waals surface area contributed by atoms with Crippen molar-refractivity contribution in [1.82, 2.24) is 0 Å². The summed E-state index contributed by atoms with van der Waals surface area (Å²) in [5.74, 6) is 0.00768. The van der Waals surface area contributed by atoms with Crippen LogP contribution in [0.5, 0.6) is 0 Å². The van der Waals surface area contributed by atoms with E-state index in [1.54, 1.807) is 6.07 Å². The topological polar surface area (TPSA) is 26.0 Å². The van der Waals surface area contributed by atoms with Gasteiger partial charge < -0.3 is 5.73 Å². The normalized spacial score (nSPS) is 13.3. The Labute approximate surface area is 95.4 Å². The van der Waals surface area contributed by atoms with Crippen molar-refractivity contribution in [3.8, 4) is 0 Å². The summed E-state index contributed by atoms with van der Waals surface area (Å²) in [6, 6.07) is 3.49. The molecule has 0 aliphatic rings. The lowest BCUT2D eigenvalue weighted by Crippen LogP contribution is -2.18. The van der Waals surface area contributed by atoms with Crippen LogP contribution in [0.15, 0.2) is 12.1 Å². The van der Waals surface area contributed by atoms with E-state index in [1.165, 1.54) is 0 Å². The van der Waals surface area contributed by atoms with Crippen LogP contribution in [-0.4, -0.2) is 6.04 Å². The van der Waals surface area contributed by atoms with Crippen LogP contribution in [-0.2, 0) is 6.42 Å². The average Bonchev–Trinajstić information content (AvgIpc) is 2.11. The summed E-state index contributed by atoms with van der Waals surface area (Å²) in [7, 11) is 0. The molecule has 1 atom stereocenters. The number of hydrogen-bond acceptors (Lipinski definition) is 1. The Bertz CT molecular complexity index is 348.